The lowest BCUT2D eigenvalue weighted by molar-refractivity contribution is 0.456. The van der Waals surface area contributed by atoms with Crippen LogP contribution in [0.3, 0.4) is 0 Å². The Kier molecular flexibility index (Phi) is 5.91. The molecule has 1 aromatic rings. The highest BCUT2D eigenvalue weighted by atomic mass is 15.3. The van der Waals surface area contributed by atoms with E-state index in [2.05, 4.69) is 42.7 Å². The second-order valence-electron chi connectivity index (χ2n) is 4.59. The first-order valence-electron chi connectivity index (χ1n) is 6.41. The van der Waals surface area contributed by atoms with Gasteiger partial charge >= 0.3 is 0 Å². The summed E-state index contributed by atoms with van der Waals surface area (Å²) in [5.74, 6) is 1.05. The Morgan fingerprint density at radius 2 is 2.29 bits per heavy atom. The molecule has 1 N–H and O–H groups in total. The van der Waals surface area contributed by atoms with Gasteiger partial charge < -0.3 is 5.32 Å². The van der Waals surface area contributed by atoms with E-state index in [0.717, 1.165) is 31.6 Å². The molecule has 4 nitrogen and oxygen atoms in total. The number of hydrogen-bond acceptors (Lipinski definition) is 3. The van der Waals surface area contributed by atoms with Gasteiger partial charge in [-0.3, -0.25) is 0 Å². The zero-order chi connectivity index (χ0) is 12.7. The fourth-order valence-corrected chi connectivity index (χ4v) is 1.86. The van der Waals surface area contributed by atoms with Crippen LogP contribution in [0.5, 0.6) is 0 Å². The third kappa shape index (κ3) is 4.30. The first-order valence-corrected chi connectivity index (χ1v) is 6.41. The highest BCUT2D eigenvalue weighted by Crippen LogP contribution is 2.09. The average molecular weight is 236 g/mol. The van der Waals surface area contributed by atoms with E-state index in [1.807, 2.05) is 10.8 Å². The molecule has 17 heavy (non-hydrogen) atoms. The fourth-order valence-electron chi connectivity index (χ4n) is 1.86. The van der Waals surface area contributed by atoms with Gasteiger partial charge in [-0.1, -0.05) is 13.0 Å². The highest BCUT2D eigenvalue weighted by Gasteiger charge is 2.13. The Hall–Kier alpha value is -1.16. The summed E-state index contributed by atoms with van der Waals surface area (Å²) in [6.07, 6.45) is 6.61. The van der Waals surface area contributed by atoms with Gasteiger partial charge in [0.25, 0.3) is 0 Å². The predicted molar refractivity (Wildman–Crippen MR) is 71.0 cm³/mol. The molecular formula is C13H24N4. The van der Waals surface area contributed by atoms with Crippen LogP contribution in [0.1, 0.15) is 45.5 Å². The number of hydrogen-bond donors (Lipinski definition) is 1. The van der Waals surface area contributed by atoms with Crippen LogP contribution >= 0.6 is 0 Å². The van der Waals surface area contributed by atoms with Crippen molar-refractivity contribution in [2.45, 2.75) is 52.1 Å². The maximum Gasteiger partial charge on any atom is 0.138 e. The second-order valence-corrected chi connectivity index (χ2v) is 4.59. The lowest BCUT2D eigenvalue weighted by Crippen LogP contribution is -2.32. The van der Waals surface area contributed by atoms with Crippen LogP contribution in [0.2, 0.25) is 0 Å². The smallest absolute Gasteiger partial charge is 0.138 e. The van der Waals surface area contributed by atoms with Crippen molar-refractivity contribution < 1.29 is 0 Å². The first kappa shape index (κ1) is 13.9. The van der Waals surface area contributed by atoms with Gasteiger partial charge in [0.2, 0.25) is 0 Å². The van der Waals surface area contributed by atoms with E-state index in [4.69, 9.17) is 0 Å². The summed E-state index contributed by atoms with van der Waals surface area (Å²) in [6.45, 7) is 11.3. The number of nitrogens with one attached hydrogen (secondary N) is 1. The third-order valence-electron chi connectivity index (χ3n) is 2.70. The van der Waals surface area contributed by atoms with E-state index in [9.17, 15) is 0 Å². The summed E-state index contributed by atoms with van der Waals surface area (Å²) in [5.41, 5.74) is 0. The van der Waals surface area contributed by atoms with E-state index >= 15 is 0 Å². The quantitative estimate of drug-likeness (QED) is 0.705. The largest absolute Gasteiger partial charge is 0.313 e. The average Bonchev–Trinajstić information content (AvgIpc) is 2.74. The van der Waals surface area contributed by atoms with Crippen molar-refractivity contribution in [1.29, 1.82) is 0 Å². The van der Waals surface area contributed by atoms with Crippen LogP contribution in [0.15, 0.2) is 19.0 Å². The van der Waals surface area contributed by atoms with E-state index < -0.39 is 0 Å². The van der Waals surface area contributed by atoms with Crippen LogP contribution in [-0.2, 0) is 6.42 Å². The molecule has 0 aromatic carbocycles. The van der Waals surface area contributed by atoms with Gasteiger partial charge in [-0.2, -0.15) is 5.10 Å². The minimum absolute atomic E-state index is 0.364. The van der Waals surface area contributed by atoms with Crippen molar-refractivity contribution in [2.24, 2.45) is 0 Å². The fraction of sp³-hybridized carbons (Fsp3) is 0.692. The van der Waals surface area contributed by atoms with E-state index in [1.165, 1.54) is 0 Å². The molecule has 0 amide bonds. The maximum atomic E-state index is 4.35. The standard InChI is InChI=1S/C13H24N4/c1-5-7-12(14-8-6-2)9-13-15-10-16-17(13)11(3)4/h5,10-12,14H,1,6-9H2,2-4H3. The van der Waals surface area contributed by atoms with Gasteiger partial charge in [-0.05, 0) is 33.2 Å². The Morgan fingerprint density at radius 1 is 1.53 bits per heavy atom. The molecule has 96 valence electrons. The molecule has 0 saturated heterocycles. The molecule has 0 radical (unpaired) electrons. The third-order valence-corrected chi connectivity index (χ3v) is 2.70. The zero-order valence-electron chi connectivity index (χ0n) is 11.2. The van der Waals surface area contributed by atoms with Crippen LogP contribution < -0.4 is 5.32 Å². The summed E-state index contributed by atoms with van der Waals surface area (Å²) in [5, 5.41) is 7.78. The molecule has 0 saturated carbocycles. The van der Waals surface area contributed by atoms with Gasteiger partial charge in [-0.15, -0.1) is 6.58 Å². The van der Waals surface area contributed by atoms with Crippen LogP contribution in [0.25, 0.3) is 0 Å². The summed E-state index contributed by atoms with van der Waals surface area (Å²) in [4.78, 5) is 4.35. The van der Waals surface area contributed by atoms with Crippen molar-refractivity contribution in [2.75, 3.05) is 6.54 Å². The number of rotatable bonds is 8. The maximum absolute atomic E-state index is 4.35. The van der Waals surface area contributed by atoms with Crippen molar-refractivity contribution in [3.8, 4) is 0 Å². The Labute approximate surface area is 104 Å². The zero-order valence-corrected chi connectivity index (χ0v) is 11.2. The summed E-state index contributed by atoms with van der Waals surface area (Å²) >= 11 is 0. The molecule has 1 rings (SSSR count). The van der Waals surface area contributed by atoms with Crippen LogP contribution in [0, 0.1) is 0 Å². The van der Waals surface area contributed by atoms with E-state index in [-0.39, 0.29) is 0 Å². The molecule has 1 atom stereocenters. The molecule has 1 unspecified atom stereocenters. The topological polar surface area (TPSA) is 42.7 Å². The molecule has 0 aliphatic rings. The number of aromatic nitrogens is 3. The lowest BCUT2D eigenvalue weighted by Gasteiger charge is -2.17. The van der Waals surface area contributed by atoms with Gasteiger partial charge in [0.15, 0.2) is 0 Å². The van der Waals surface area contributed by atoms with Gasteiger partial charge in [0, 0.05) is 18.5 Å². The molecule has 0 aliphatic carbocycles. The van der Waals surface area contributed by atoms with Crippen molar-refractivity contribution >= 4 is 0 Å². The molecule has 4 heteroatoms. The normalized spacial score (nSPS) is 12.9. The van der Waals surface area contributed by atoms with Crippen LogP contribution in [-0.4, -0.2) is 27.4 Å². The Morgan fingerprint density at radius 3 is 2.88 bits per heavy atom. The highest BCUT2D eigenvalue weighted by molar-refractivity contribution is 4.93. The summed E-state index contributed by atoms with van der Waals surface area (Å²) in [6, 6.07) is 0.775. The minimum Gasteiger partial charge on any atom is -0.313 e. The molecule has 0 spiro atoms. The van der Waals surface area contributed by atoms with E-state index in [0.29, 0.717) is 12.1 Å². The van der Waals surface area contributed by atoms with Gasteiger partial charge in [0.1, 0.15) is 12.2 Å². The minimum atomic E-state index is 0.364. The monoisotopic (exact) mass is 236 g/mol. The van der Waals surface area contributed by atoms with Crippen molar-refractivity contribution in [1.82, 2.24) is 20.1 Å². The van der Waals surface area contributed by atoms with Crippen molar-refractivity contribution in [3.05, 3.63) is 24.8 Å². The van der Waals surface area contributed by atoms with Crippen LogP contribution in [0.4, 0.5) is 0 Å². The molecular weight excluding hydrogens is 212 g/mol. The molecule has 1 heterocycles. The first-order chi connectivity index (χ1) is 8.19. The predicted octanol–water partition coefficient (Wildman–Crippen LogP) is 2.35. The molecule has 1 aromatic heterocycles. The Balaban J connectivity index is 2.64. The number of nitrogens with zero attached hydrogens (tertiary/aromatic N) is 3. The molecule has 0 aliphatic heterocycles. The summed E-state index contributed by atoms with van der Waals surface area (Å²) < 4.78 is 1.99. The van der Waals surface area contributed by atoms with Gasteiger partial charge in [0.05, 0.1) is 0 Å². The second kappa shape index (κ2) is 7.22. The van der Waals surface area contributed by atoms with Crippen molar-refractivity contribution in [3.63, 3.8) is 0 Å². The SMILES string of the molecule is C=CCC(Cc1ncnn1C(C)C)NCCC. The lowest BCUT2D eigenvalue weighted by atomic mass is 10.1. The summed E-state index contributed by atoms with van der Waals surface area (Å²) in [7, 11) is 0. The Bertz CT molecular complexity index is 330. The van der Waals surface area contributed by atoms with E-state index in [1.54, 1.807) is 6.33 Å². The molecule has 0 bridgehead atoms. The van der Waals surface area contributed by atoms with Gasteiger partial charge in [-0.25, -0.2) is 9.67 Å². The molecule has 0 fully saturated rings.